The SMILES string of the molecule is Cn1c2ccncc2c2ccc(Nc3ccc(F)c([N+](=O)[O-])c3)nc21. The second kappa shape index (κ2) is 5.52. The molecule has 0 bridgehead atoms. The zero-order valence-corrected chi connectivity index (χ0v) is 13.1. The Morgan fingerprint density at radius 2 is 2.04 bits per heavy atom. The lowest BCUT2D eigenvalue weighted by atomic mass is 10.2. The standard InChI is InChI=1S/C17H12FN5O2/c1-22-14-6-7-19-9-12(14)11-3-5-16(21-17(11)22)20-10-2-4-13(18)15(8-10)23(24)25/h2-9H,1H3,(H,20,21). The third kappa shape index (κ3) is 2.44. The van der Waals surface area contributed by atoms with Crippen LogP contribution in [0.3, 0.4) is 0 Å². The van der Waals surface area contributed by atoms with E-state index in [0.717, 1.165) is 34.1 Å². The average molecular weight is 337 g/mol. The predicted octanol–water partition coefficient (Wildman–Crippen LogP) is 3.91. The van der Waals surface area contributed by atoms with Gasteiger partial charge in [-0.25, -0.2) is 4.98 Å². The fourth-order valence-electron chi connectivity index (χ4n) is 2.86. The molecule has 3 heterocycles. The molecule has 3 aromatic heterocycles. The van der Waals surface area contributed by atoms with Gasteiger partial charge in [0.05, 0.1) is 10.4 Å². The highest BCUT2D eigenvalue weighted by Crippen LogP contribution is 2.29. The summed E-state index contributed by atoms with van der Waals surface area (Å²) in [5, 5.41) is 15.8. The average Bonchev–Trinajstić information content (AvgIpc) is 2.89. The lowest BCUT2D eigenvalue weighted by Gasteiger charge is -2.06. The molecule has 124 valence electrons. The predicted molar refractivity (Wildman–Crippen MR) is 92.4 cm³/mol. The van der Waals surface area contributed by atoms with E-state index in [1.807, 2.05) is 23.7 Å². The van der Waals surface area contributed by atoms with Crippen LogP contribution in [0.1, 0.15) is 0 Å². The molecule has 0 fully saturated rings. The topological polar surface area (TPSA) is 85.9 Å². The molecule has 0 radical (unpaired) electrons. The Kier molecular flexibility index (Phi) is 3.31. The quantitative estimate of drug-likeness (QED) is 0.452. The van der Waals surface area contributed by atoms with Gasteiger partial charge in [0.2, 0.25) is 5.82 Å². The molecular formula is C17H12FN5O2. The van der Waals surface area contributed by atoms with E-state index in [-0.39, 0.29) is 0 Å². The number of aryl methyl sites for hydroxylation is 1. The van der Waals surface area contributed by atoms with Gasteiger partial charge in [-0.3, -0.25) is 15.1 Å². The highest BCUT2D eigenvalue weighted by Gasteiger charge is 2.15. The van der Waals surface area contributed by atoms with Crippen molar-refractivity contribution in [2.75, 3.05) is 5.32 Å². The molecule has 0 saturated carbocycles. The summed E-state index contributed by atoms with van der Waals surface area (Å²) < 4.78 is 15.4. The number of pyridine rings is 2. The highest BCUT2D eigenvalue weighted by atomic mass is 19.1. The van der Waals surface area contributed by atoms with Gasteiger partial charge in [0.1, 0.15) is 11.5 Å². The first-order valence-corrected chi connectivity index (χ1v) is 7.45. The summed E-state index contributed by atoms with van der Waals surface area (Å²) in [5.74, 6) is -0.368. The number of rotatable bonds is 3. The minimum Gasteiger partial charge on any atom is -0.340 e. The summed E-state index contributed by atoms with van der Waals surface area (Å²) in [7, 11) is 1.91. The number of nitro benzene ring substituents is 1. The van der Waals surface area contributed by atoms with Crippen molar-refractivity contribution in [3.8, 4) is 0 Å². The van der Waals surface area contributed by atoms with E-state index < -0.39 is 16.4 Å². The molecule has 0 amide bonds. The Hall–Kier alpha value is -3.55. The van der Waals surface area contributed by atoms with Crippen LogP contribution in [0.2, 0.25) is 0 Å². The Labute approximate surface area is 140 Å². The van der Waals surface area contributed by atoms with Crippen molar-refractivity contribution in [2.24, 2.45) is 7.05 Å². The summed E-state index contributed by atoms with van der Waals surface area (Å²) in [5.41, 5.74) is 1.57. The number of halogens is 1. The van der Waals surface area contributed by atoms with Crippen LogP contribution < -0.4 is 5.32 Å². The molecule has 7 nitrogen and oxygen atoms in total. The maximum atomic E-state index is 13.4. The fraction of sp³-hybridized carbons (Fsp3) is 0.0588. The van der Waals surface area contributed by atoms with Gasteiger partial charge in [-0.15, -0.1) is 0 Å². The number of nitrogens with zero attached hydrogens (tertiary/aromatic N) is 4. The van der Waals surface area contributed by atoms with Gasteiger partial charge in [0, 0.05) is 42.0 Å². The van der Waals surface area contributed by atoms with Gasteiger partial charge in [0.25, 0.3) is 0 Å². The van der Waals surface area contributed by atoms with Crippen LogP contribution in [0.15, 0.2) is 48.8 Å². The van der Waals surface area contributed by atoms with Crippen LogP contribution in [-0.4, -0.2) is 19.5 Å². The summed E-state index contributed by atoms with van der Waals surface area (Å²) >= 11 is 0. The third-order valence-corrected chi connectivity index (χ3v) is 4.06. The van der Waals surface area contributed by atoms with Gasteiger partial charge in [-0.05, 0) is 30.3 Å². The smallest absolute Gasteiger partial charge is 0.306 e. The number of hydrogen-bond donors (Lipinski definition) is 1. The summed E-state index contributed by atoms with van der Waals surface area (Å²) in [6.07, 6.45) is 3.51. The molecule has 0 aliphatic rings. The van der Waals surface area contributed by atoms with Crippen molar-refractivity contribution < 1.29 is 9.31 Å². The van der Waals surface area contributed by atoms with Crippen LogP contribution in [-0.2, 0) is 7.05 Å². The van der Waals surface area contributed by atoms with Gasteiger partial charge in [-0.1, -0.05) is 0 Å². The molecule has 4 rings (SSSR count). The molecule has 0 unspecified atom stereocenters. The van der Waals surface area contributed by atoms with Crippen LogP contribution in [0.25, 0.3) is 21.9 Å². The first-order chi connectivity index (χ1) is 12.0. The van der Waals surface area contributed by atoms with Crippen LogP contribution in [0.5, 0.6) is 0 Å². The molecule has 1 aromatic carbocycles. The van der Waals surface area contributed by atoms with Gasteiger partial charge in [0.15, 0.2) is 0 Å². The Bertz CT molecular complexity index is 1140. The first-order valence-electron chi connectivity index (χ1n) is 7.45. The summed E-state index contributed by atoms with van der Waals surface area (Å²) in [6, 6.07) is 9.22. The minimum absolute atomic E-state index is 0.389. The van der Waals surface area contributed by atoms with E-state index >= 15 is 0 Å². The van der Waals surface area contributed by atoms with Crippen molar-refractivity contribution in [2.45, 2.75) is 0 Å². The van der Waals surface area contributed by atoms with E-state index in [1.165, 1.54) is 6.07 Å². The molecular weight excluding hydrogens is 325 g/mol. The molecule has 0 aliphatic heterocycles. The van der Waals surface area contributed by atoms with E-state index in [4.69, 9.17) is 0 Å². The van der Waals surface area contributed by atoms with Crippen molar-refractivity contribution in [1.29, 1.82) is 0 Å². The Morgan fingerprint density at radius 1 is 1.20 bits per heavy atom. The number of anilines is 2. The molecule has 0 aliphatic carbocycles. The first kappa shape index (κ1) is 15.0. The number of nitrogens with one attached hydrogen (secondary N) is 1. The van der Waals surface area contributed by atoms with Crippen LogP contribution in [0.4, 0.5) is 21.6 Å². The number of aromatic nitrogens is 3. The Morgan fingerprint density at radius 3 is 2.84 bits per heavy atom. The number of hydrogen-bond acceptors (Lipinski definition) is 5. The van der Waals surface area contributed by atoms with Crippen molar-refractivity contribution in [1.82, 2.24) is 14.5 Å². The maximum absolute atomic E-state index is 13.4. The fourth-order valence-corrected chi connectivity index (χ4v) is 2.86. The van der Waals surface area contributed by atoms with Gasteiger partial charge < -0.3 is 9.88 Å². The summed E-state index contributed by atoms with van der Waals surface area (Å²) in [6.45, 7) is 0. The molecule has 1 N–H and O–H groups in total. The van der Waals surface area contributed by atoms with Crippen molar-refractivity contribution in [3.63, 3.8) is 0 Å². The Balaban J connectivity index is 1.78. The normalized spacial score (nSPS) is 11.1. The van der Waals surface area contributed by atoms with Gasteiger partial charge in [-0.2, -0.15) is 4.39 Å². The lowest BCUT2D eigenvalue weighted by Crippen LogP contribution is -1.98. The molecule has 25 heavy (non-hydrogen) atoms. The molecule has 8 heteroatoms. The van der Waals surface area contributed by atoms with Crippen LogP contribution in [0, 0.1) is 15.9 Å². The maximum Gasteiger partial charge on any atom is 0.306 e. The zero-order chi connectivity index (χ0) is 17.6. The second-order valence-corrected chi connectivity index (χ2v) is 5.57. The van der Waals surface area contributed by atoms with Gasteiger partial charge >= 0.3 is 5.69 Å². The molecule has 0 saturated heterocycles. The van der Waals surface area contributed by atoms with Crippen molar-refractivity contribution in [3.05, 3.63) is 64.7 Å². The summed E-state index contributed by atoms with van der Waals surface area (Å²) in [4.78, 5) is 18.8. The monoisotopic (exact) mass is 337 g/mol. The highest BCUT2D eigenvalue weighted by molar-refractivity contribution is 6.06. The second-order valence-electron chi connectivity index (χ2n) is 5.57. The number of nitro groups is 1. The van der Waals surface area contributed by atoms with E-state index in [9.17, 15) is 14.5 Å². The lowest BCUT2D eigenvalue weighted by molar-refractivity contribution is -0.387. The molecule has 4 aromatic rings. The number of benzene rings is 1. The van der Waals surface area contributed by atoms with Crippen molar-refractivity contribution >= 4 is 39.1 Å². The zero-order valence-electron chi connectivity index (χ0n) is 13.1. The third-order valence-electron chi connectivity index (χ3n) is 4.06. The van der Waals surface area contributed by atoms with E-state index in [0.29, 0.717) is 11.5 Å². The van der Waals surface area contributed by atoms with Crippen LogP contribution >= 0.6 is 0 Å². The molecule has 0 atom stereocenters. The largest absolute Gasteiger partial charge is 0.340 e. The number of fused-ring (bicyclic) bond motifs is 3. The minimum atomic E-state index is -0.875. The van der Waals surface area contributed by atoms with E-state index in [2.05, 4.69) is 15.3 Å². The molecule has 0 spiro atoms. The van der Waals surface area contributed by atoms with E-state index in [1.54, 1.807) is 18.5 Å².